The predicted octanol–water partition coefficient (Wildman–Crippen LogP) is 3.40. The Morgan fingerprint density at radius 2 is 1.91 bits per heavy atom. The Labute approximate surface area is 135 Å². The van der Waals surface area contributed by atoms with E-state index in [1.54, 1.807) is 24.3 Å². The molecule has 2 N–H and O–H groups in total. The fourth-order valence-electron chi connectivity index (χ4n) is 1.98. The molecule has 0 aliphatic rings. The number of benzene rings is 2. The maximum atomic E-state index is 11.9. The minimum absolute atomic E-state index is 0.128. The van der Waals surface area contributed by atoms with Crippen LogP contribution in [0.25, 0.3) is 0 Å². The van der Waals surface area contributed by atoms with Gasteiger partial charge in [0.15, 0.2) is 0 Å². The minimum atomic E-state index is -0.178. The van der Waals surface area contributed by atoms with Crippen LogP contribution in [0.2, 0.25) is 0 Å². The van der Waals surface area contributed by atoms with Crippen molar-refractivity contribution in [2.24, 2.45) is 0 Å². The van der Waals surface area contributed by atoms with Crippen molar-refractivity contribution >= 4 is 17.3 Å². The van der Waals surface area contributed by atoms with Crippen LogP contribution >= 0.6 is 0 Å². The molecule has 2 aromatic rings. The zero-order valence-electron chi connectivity index (χ0n) is 13.2. The summed E-state index contributed by atoms with van der Waals surface area (Å²) in [6.45, 7) is 4.08. The molecule has 0 heterocycles. The monoisotopic (exact) mass is 309 g/mol. The molecule has 0 saturated carbocycles. The highest BCUT2D eigenvalue weighted by Crippen LogP contribution is 2.16. The fraction of sp³-hybridized carbons (Fsp3) is 0.222. The average molecular weight is 309 g/mol. The van der Waals surface area contributed by atoms with Crippen LogP contribution in [0.5, 0.6) is 5.75 Å². The van der Waals surface area contributed by atoms with Crippen molar-refractivity contribution in [3.63, 3.8) is 0 Å². The molecule has 0 aromatic heterocycles. The number of carbonyl (C=O) groups is 1. The van der Waals surface area contributed by atoms with Gasteiger partial charge in [0, 0.05) is 11.4 Å². The first-order valence-corrected chi connectivity index (χ1v) is 7.37. The molecule has 0 fully saturated rings. The largest absolute Gasteiger partial charge is 0.491 e. The standard InChI is InChI=1S/C18H19N3O2/c1-13(2)23-17-8-6-15(7-9-17)20-12-18(22)21-16-5-3-4-14(10-16)11-19/h3-10,13,20H,12H2,1-2H3,(H,21,22). The zero-order valence-corrected chi connectivity index (χ0v) is 13.2. The van der Waals surface area contributed by atoms with Gasteiger partial charge in [0.05, 0.1) is 24.3 Å². The number of nitrogens with one attached hydrogen (secondary N) is 2. The first-order valence-electron chi connectivity index (χ1n) is 7.37. The molecule has 0 atom stereocenters. The number of anilines is 2. The lowest BCUT2D eigenvalue weighted by Gasteiger charge is -2.11. The first-order chi connectivity index (χ1) is 11.1. The second-order valence-electron chi connectivity index (χ2n) is 5.29. The highest BCUT2D eigenvalue weighted by atomic mass is 16.5. The number of nitrogens with zero attached hydrogens (tertiary/aromatic N) is 1. The van der Waals surface area contributed by atoms with Gasteiger partial charge in [-0.05, 0) is 56.3 Å². The van der Waals surface area contributed by atoms with Gasteiger partial charge in [0.2, 0.25) is 5.91 Å². The smallest absolute Gasteiger partial charge is 0.243 e. The second-order valence-corrected chi connectivity index (χ2v) is 5.29. The van der Waals surface area contributed by atoms with Crippen LogP contribution in [0.15, 0.2) is 48.5 Å². The van der Waals surface area contributed by atoms with Gasteiger partial charge in [-0.2, -0.15) is 5.26 Å². The molecular weight excluding hydrogens is 290 g/mol. The van der Waals surface area contributed by atoms with E-state index in [0.717, 1.165) is 11.4 Å². The van der Waals surface area contributed by atoms with E-state index in [4.69, 9.17) is 10.00 Å². The number of hydrogen-bond acceptors (Lipinski definition) is 4. The molecule has 0 bridgehead atoms. The van der Waals surface area contributed by atoms with Crippen molar-refractivity contribution in [2.75, 3.05) is 17.2 Å². The molecule has 5 heteroatoms. The van der Waals surface area contributed by atoms with E-state index in [1.165, 1.54) is 0 Å². The van der Waals surface area contributed by atoms with Crippen molar-refractivity contribution in [1.29, 1.82) is 5.26 Å². The van der Waals surface area contributed by atoms with Crippen molar-refractivity contribution in [3.8, 4) is 11.8 Å². The van der Waals surface area contributed by atoms with Crippen LogP contribution in [0, 0.1) is 11.3 Å². The lowest BCUT2D eigenvalue weighted by molar-refractivity contribution is -0.114. The van der Waals surface area contributed by atoms with Crippen molar-refractivity contribution in [3.05, 3.63) is 54.1 Å². The summed E-state index contributed by atoms with van der Waals surface area (Å²) in [7, 11) is 0. The second kappa shape index (κ2) is 7.85. The average Bonchev–Trinajstić information content (AvgIpc) is 2.54. The van der Waals surface area contributed by atoms with Crippen molar-refractivity contribution in [2.45, 2.75) is 20.0 Å². The molecule has 2 aromatic carbocycles. The number of nitriles is 1. The Hall–Kier alpha value is -3.00. The summed E-state index contributed by atoms with van der Waals surface area (Å²) >= 11 is 0. The number of carbonyl (C=O) groups excluding carboxylic acids is 1. The van der Waals surface area contributed by atoms with E-state index >= 15 is 0 Å². The normalized spacial score (nSPS) is 10.0. The van der Waals surface area contributed by atoms with Gasteiger partial charge in [0.1, 0.15) is 5.75 Å². The van der Waals surface area contributed by atoms with Crippen molar-refractivity contribution < 1.29 is 9.53 Å². The van der Waals surface area contributed by atoms with E-state index in [2.05, 4.69) is 10.6 Å². The van der Waals surface area contributed by atoms with Crippen LogP contribution in [-0.4, -0.2) is 18.6 Å². The van der Waals surface area contributed by atoms with Gasteiger partial charge in [-0.3, -0.25) is 4.79 Å². The minimum Gasteiger partial charge on any atom is -0.491 e. The van der Waals surface area contributed by atoms with Crippen LogP contribution < -0.4 is 15.4 Å². The van der Waals surface area contributed by atoms with E-state index in [0.29, 0.717) is 11.3 Å². The number of rotatable bonds is 6. The van der Waals surface area contributed by atoms with Gasteiger partial charge in [-0.15, -0.1) is 0 Å². The molecule has 1 amide bonds. The predicted molar refractivity (Wildman–Crippen MR) is 90.5 cm³/mol. The summed E-state index contributed by atoms with van der Waals surface area (Å²) in [5.41, 5.74) is 1.95. The third kappa shape index (κ3) is 5.36. The molecule has 0 aliphatic heterocycles. The SMILES string of the molecule is CC(C)Oc1ccc(NCC(=O)Nc2cccc(C#N)c2)cc1. The van der Waals surface area contributed by atoms with Gasteiger partial charge in [-0.1, -0.05) is 6.07 Å². The van der Waals surface area contributed by atoms with E-state index in [1.807, 2.05) is 44.2 Å². The Bertz CT molecular complexity index is 703. The summed E-state index contributed by atoms with van der Waals surface area (Å²) in [6, 6.07) is 16.3. The molecule has 118 valence electrons. The van der Waals surface area contributed by atoms with Crippen LogP contribution in [-0.2, 0) is 4.79 Å². The Kier molecular flexibility index (Phi) is 5.59. The Morgan fingerprint density at radius 1 is 1.17 bits per heavy atom. The molecule has 0 unspecified atom stereocenters. The number of amides is 1. The summed E-state index contributed by atoms with van der Waals surface area (Å²) in [6.07, 6.45) is 0.128. The first kappa shape index (κ1) is 16.4. The third-order valence-electron chi connectivity index (χ3n) is 2.95. The van der Waals surface area contributed by atoms with Crippen LogP contribution in [0.1, 0.15) is 19.4 Å². The molecule has 0 aliphatic carbocycles. The topological polar surface area (TPSA) is 74.2 Å². The Morgan fingerprint density at radius 3 is 2.57 bits per heavy atom. The van der Waals surface area contributed by atoms with Gasteiger partial charge in [-0.25, -0.2) is 0 Å². The number of ether oxygens (including phenoxy) is 1. The van der Waals surface area contributed by atoms with Gasteiger partial charge < -0.3 is 15.4 Å². The molecule has 0 spiro atoms. The van der Waals surface area contributed by atoms with E-state index in [-0.39, 0.29) is 18.6 Å². The highest BCUT2D eigenvalue weighted by Gasteiger charge is 2.04. The maximum Gasteiger partial charge on any atom is 0.243 e. The van der Waals surface area contributed by atoms with Crippen LogP contribution in [0.3, 0.4) is 0 Å². The zero-order chi connectivity index (χ0) is 16.7. The van der Waals surface area contributed by atoms with Crippen molar-refractivity contribution in [1.82, 2.24) is 0 Å². The quantitative estimate of drug-likeness (QED) is 0.857. The molecule has 2 rings (SSSR count). The lowest BCUT2D eigenvalue weighted by Crippen LogP contribution is -2.21. The van der Waals surface area contributed by atoms with E-state index in [9.17, 15) is 4.79 Å². The molecule has 0 saturated heterocycles. The highest BCUT2D eigenvalue weighted by molar-refractivity contribution is 5.93. The lowest BCUT2D eigenvalue weighted by atomic mass is 10.2. The number of hydrogen-bond donors (Lipinski definition) is 2. The Balaban J connectivity index is 1.85. The summed E-state index contributed by atoms with van der Waals surface area (Å²) in [5.74, 6) is 0.617. The molecular formula is C18H19N3O2. The molecule has 0 radical (unpaired) electrons. The third-order valence-corrected chi connectivity index (χ3v) is 2.95. The van der Waals surface area contributed by atoms with Crippen LogP contribution in [0.4, 0.5) is 11.4 Å². The fourth-order valence-corrected chi connectivity index (χ4v) is 1.98. The molecule has 5 nitrogen and oxygen atoms in total. The maximum absolute atomic E-state index is 11.9. The summed E-state index contributed by atoms with van der Waals surface area (Å²) in [4.78, 5) is 11.9. The van der Waals surface area contributed by atoms with Gasteiger partial charge in [0.25, 0.3) is 0 Å². The summed E-state index contributed by atoms with van der Waals surface area (Å²) < 4.78 is 5.56. The van der Waals surface area contributed by atoms with E-state index < -0.39 is 0 Å². The summed E-state index contributed by atoms with van der Waals surface area (Å²) in [5, 5.41) is 14.6. The van der Waals surface area contributed by atoms with Gasteiger partial charge >= 0.3 is 0 Å². The molecule has 23 heavy (non-hydrogen) atoms.